The Kier molecular flexibility index (Phi) is 7.65. The number of fused-ring (bicyclic) bond motifs is 1. The van der Waals surface area contributed by atoms with E-state index in [-0.39, 0.29) is 18.7 Å². The average molecular weight is 459 g/mol. The zero-order valence-corrected chi connectivity index (χ0v) is 17.8. The number of halogens is 1. The molecule has 0 bridgehead atoms. The van der Waals surface area contributed by atoms with Crippen LogP contribution < -0.4 is 22.0 Å². The molecule has 0 aliphatic carbocycles. The predicted molar refractivity (Wildman–Crippen MR) is 121 cm³/mol. The highest BCUT2D eigenvalue weighted by Crippen LogP contribution is 2.22. The molecule has 31 heavy (non-hydrogen) atoms. The number of hydrazine groups is 1. The second-order valence-electron chi connectivity index (χ2n) is 6.40. The van der Waals surface area contributed by atoms with Crippen LogP contribution in [0.5, 0.6) is 0 Å². The number of hydrogen-bond acceptors (Lipinski definition) is 7. The zero-order chi connectivity index (χ0) is 22.2. The summed E-state index contributed by atoms with van der Waals surface area (Å²) in [6.07, 6.45) is 0.684. The van der Waals surface area contributed by atoms with Crippen molar-refractivity contribution in [1.29, 1.82) is 0 Å². The molecule has 0 fully saturated rings. The summed E-state index contributed by atoms with van der Waals surface area (Å²) in [4.78, 5) is 39.8. The number of carbonyl (C=O) groups is 3. The molecule has 3 rings (SSSR count). The first-order chi connectivity index (χ1) is 14.9. The Labute approximate surface area is 186 Å². The molecule has 0 saturated heterocycles. The van der Waals surface area contributed by atoms with E-state index in [1.54, 1.807) is 29.7 Å². The first-order valence-electron chi connectivity index (χ1n) is 9.21. The van der Waals surface area contributed by atoms with Crippen molar-refractivity contribution in [1.82, 2.24) is 15.8 Å². The third-order valence-corrected chi connectivity index (χ3v) is 5.40. The Bertz CT molecular complexity index is 1100. The van der Waals surface area contributed by atoms with Crippen LogP contribution in [0.15, 0.2) is 53.6 Å². The van der Waals surface area contributed by atoms with E-state index in [1.807, 2.05) is 24.3 Å². The number of aromatic nitrogens is 1. The largest absolute Gasteiger partial charge is 0.330 e. The maximum absolute atomic E-state index is 12.3. The molecule has 1 aromatic heterocycles. The molecule has 9 nitrogen and oxygen atoms in total. The van der Waals surface area contributed by atoms with Gasteiger partial charge in [-0.1, -0.05) is 23.7 Å². The molecule has 3 amide bonds. The average Bonchev–Trinajstić information content (AvgIpc) is 3.18. The van der Waals surface area contributed by atoms with Crippen LogP contribution in [-0.4, -0.2) is 28.4 Å². The highest BCUT2D eigenvalue weighted by molar-refractivity contribution is 7.18. The van der Waals surface area contributed by atoms with E-state index in [1.165, 1.54) is 11.3 Å². The number of thiazole rings is 1. The summed E-state index contributed by atoms with van der Waals surface area (Å²) in [7, 11) is 0. The SMILES string of the molecule is NNC(=O)C(=O)N/N=C(/CCC(=O)Nc1ccc(Cl)cc1)Cc1nc2ccccc2s1. The lowest BCUT2D eigenvalue weighted by Gasteiger charge is -2.07. The fourth-order valence-electron chi connectivity index (χ4n) is 2.61. The lowest BCUT2D eigenvalue weighted by Crippen LogP contribution is -2.41. The molecular weight excluding hydrogens is 440 g/mol. The van der Waals surface area contributed by atoms with Gasteiger partial charge in [-0.05, 0) is 42.8 Å². The van der Waals surface area contributed by atoms with Crippen molar-refractivity contribution >= 4 is 62.3 Å². The van der Waals surface area contributed by atoms with Crippen molar-refractivity contribution < 1.29 is 14.4 Å². The minimum atomic E-state index is -1.02. The summed E-state index contributed by atoms with van der Waals surface area (Å²) in [5.74, 6) is 2.69. The van der Waals surface area contributed by atoms with Gasteiger partial charge in [0.2, 0.25) is 5.91 Å². The number of hydrazone groups is 1. The normalized spacial score (nSPS) is 11.2. The molecule has 0 radical (unpaired) electrons. The monoisotopic (exact) mass is 458 g/mol. The summed E-state index contributed by atoms with van der Waals surface area (Å²) in [5.41, 5.74) is 5.85. The predicted octanol–water partition coefficient (Wildman–Crippen LogP) is 2.37. The summed E-state index contributed by atoms with van der Waals surface area (Å²) < 4.78 is 1.02. The summed E-state index contributed by atoms with van der Waals surface area (Å²) in [6.45, 7) is 0. The Morgan fingerprint density at radius 2 is 1.77 bits per heavy atom. The molecule has 2 aromatic carbocycles. The number of benzene rings is 2. The van der Waals surface area contributed by atoms with Gasteiger partial charge in [-0.3, -0.25) is 19.8 Å². The Morgan fingerprint density at radius 1 is 1.03 bits per heavy atom. The maximum Gasteiger partial charge on any atom is 0.330 e. The second kappa shape index (κ2) is 10.6. The number of para-hydroxylation sites is 1. The molecule has 0 saturated carbocycles. The zero-order valence-electron chi connectivity index (χ0n) is 16.2. The molecule has 0 unspecified atom stereocenters. The number of amides is 3. The molecule has 0 atom stereocenters. The van der Waals surface area contributed by atoms with E-state index in [0.29, 0.717) is 22.8 Å². The fourth-order valence-corrected chi connectivity index (χ4v) is 3.74. The minimum Gasteiger partial charge on any atom is -0.326 e. The standard InChI is InChI=1S/C20H19ClN6O3S/c21-12-5-7-13(8-6-12)23-17(28)10-9-14(26-27-20(30)19(29)25-22)11-18-24-15-3-1-2-4-16(15)31-18/h1-8H,9-11,22H2,(H,23,28)(H,25,29)(H,27,30)/b26-14-. The maximum atomic E-state index is 12.3. The third-order valence-electron chi connectivity index (χ3n) is 4.11. The van der Waals surface area contributed by atoms with Crippen LogP contribution in [0.1, 0.15) is 17.8 Å². The fraction of sp³-hybridized carbons (Fsp3) is 0.150. The molecule has 3 aromatic rings. The van der Waals surface area contributed by atoms with Gasteiger partial charge in [0.25, 0.3) is 0 Å². The number of hydrogen-bond donors (Lipinski definition) is 4. The minimum absolute atomic E-state index is 0.116. The van der Waals surface area contributed by atoms with Crippen molar-refractivity contribution in [2.75, 3.05) is 5.32 Å². The van der Waals surface area contributed by atoms with Crippen LogP contribution in [0, 0.1) is 0 Å². The van der Waals surface area contributed by atoms with Crippen LogP contribution in [0.25, 0.3) is 10.2 Å². The Morgan fingerprint density at radius 3 is 2.48 bits per heavy atom. The van der Waals surface area contributed by atoms with Gasteiger partial charge in [0.1, 0.15) is 0 Å². The van der Waals surface area contributed by atoms with Gasteiger partial charge in [-0.2, -0.15) is 5.10 Å². The van der Waals surface area contributed by atoms with E-state index in [9.17, 15) is 14.4 Å². The van der Waals surface area contributed by atoms with Crippen molar-refractivity contribution in [2.45, 2.75) is 19.3 Å². The molecule has 5 N–H and O–H groups in total. The number of rotatable bonds is 7. The Balaban J connectivity index is 1.68. The van der Waals surface area contributed by atoms with Crippen molar-refractivity contribution in [2.24, 2.45) is 10.9 Å². The van der Waals surface area contributed by atoms with Gasteiger partial charge in [0.15, 0.2) is 0 Å². The number of carbonyl (C=O) groups excluding carboxylic acids is 3. The van der Waals surface area contributed by atoms with Crippen molar-refractivity contribution in [3.63, 3.8) is 0 Å². The number of nitrogens with one attached hydrogen (secondary N) is 3. The molecule has 0 spiro atoms. The molecule has 0 aliphatic heterocycles. The highest BCUT2D eigenvalue weighted by atomic mass is 35.5. The summed E-state index contributed by atoms with van der Waals surface area (Å²) in [6, 6.07) is 14.4. The number of nitrogens with zero attached hydrogens (tertiary/aromatic N) is 2. The number of nitrogens with two attached hydrogens (primary N) is 1. The molecule has 160 valence electrons. The summed E-state index contributed by atoms with van der Waals surface area (Å²) >= 11 is 7.34. The van der Waals surface area contributed by atoms with Gasteiger partial charge >= 0.3 is 11.8 Å². The van der Waals surface area contributed by atoms with Crippen molar-refractivity contribution in [3.8, 4) is 0 Å². The van der Waals surface area contributed by atoms with Gasteiger partial charge < -0.3 is 5.32 Å². The lowest BCUT2D eigenvalue weighted by molar-refractivity contribution is -0.139. The smallest absolute Gasteiger partial charge is 0.326 e. The quantitative estimate of drug-likeness (QED) is 0.141. The molecule has 0 aliphatic rings. The van der Waals surface area contributed by atoms with Crippen molar-refractivity contribution in [3.05, 3.63) is 58.6 Å². The van der Waals surface area contributed by atoms with Crippen LogP contribution >= 0.6 is 22.9 Å². The molecule has 1 heterocycles. The van der Waals surface area contributed by atoms with Gasteiger partial charge in [-0.25, -0.2) is 16.3 Å². The first kappa shape index (κ1) is 22.3. The van der Waals surface area contributed by atoms with Crippen LogP contribution in [0.3, 0.4) is 0 Å². The van der Waals surface area contributed by atoms with E-state index >= 15 is 0 Å². The topological polar surface area (TPSA) is 139 Å². The van der Waals surface area contributed by atoms with E-state index in [0.717, 1.165) is 15.2 Å². The van der Waals surface area contributed by atoms with E-state index in [2.05, 4.69) is 20.8 Å². The Hall–Kier alpha value is -3.34. The van der Waals surface area contributed by atoms with Gasteiger partial charge in [0, 0.05) is 29.3 Å². The van der Waals surface area contributed by atoms with Crippen LogP contribution in [0.2, 0.25) is 5.02 Å². The summed E-state index contributed by atoms with van der Waals surface area (Å²) in [5, 5.41) is 8.13. The first-order valence-corrected chi connectivity index (χ1v) is 10.4. The number of anilines is 1. The molecular formula is C20H19ClN6O3S. The third kappa shape index (κ3) is 6.57. The van der Waals surface area contributed by atoms with Gasteiger partial charge in [0.05, 0.1) is 15.2 Å². The van der Waals surface area contributed by atoms with E-state index in [4.69, 9.17) is 17.4 Å². The van der Waals surface area contributed by atoms with Crippen LogP contribution in [-0.2, 0) is 20.8 Å². The second-order valence-corrected chi connectivity index (χ2v) is 7.95. The van der Waals surface area contributed by atoms with Crippen LogP contribution in [0.4, 0.5) is 5.69 Å². The van der Waals surface area contributed by atoms with E-state index < -0.39 is 11.8 Å². The lowest BCUT2D eigenvalue weighted by atomic mass is 10.1. The molecule has 11 heteroatoms. The highest BCUT2D eigenvalue weighted by Gasteiger charge is 2.14. The van der Waals surface area contributed by atoms with Gasteiger partial charge in [-0.15, -0.1) is 11.3 Å².